The second-order valence-corrected chi connectivity index (χ2v) is 9.29. The number of ether oxygens (including phenoxy) is 1. The van der Waals surface area contributed by atoms with E-state index < -0.39 is 10.0 Å². The zero-order valence-electron chi connectivity index (χ0n) is 17.9. The number of aliphatic imine (C=N–C) groups is 1. The van der Waals surface area contributed by atoms with Gasteiger partial charge in [-0.15, -0.1) is 24.0 Å². The van der Waals surface area contributed by atoms with E-state index in [1.54, 1.807) is 4.31 Å². The molecule has 0 aromatic heterocycles. The molecular formula is C20H35IN4O3S. The van der Waals surface area contributed by atoms with Crippen molar-refractivity contribution in [3.05, 3.63) is 29.3 Å². The van der Waals surface area contributed by atoms with Gasteiger partial charge >= 0.3 is 0 Å². The third-order valence-electron chi connectivity index (χ3n) is 4.71. The van der Waals surface area contributed by atoms with Crippen LogP contribution in [-0.2, 0) is 16.6 Å². The standard InChI is InChI=1S/C20H34N4O3S.HI/c1-5-11-27-19-12-16(3)7-8-18(19)14-23-20(21-6-2)22-13-17-9-10-24(15-17)28(4,25)26;/h7-8,12,17H,5-6,9-11,13-15H2,1-4H3,(H2,21,22,23);1H. The number of hydrogen-bond acceptors (Lipinski definition) is 4. The van der Waals surface area contributed by atoms with Gasteiger partial charge in [-0.2, -0.15) is 0 Å². The van der Waals surface area contributed by atoms with Crippen LogP contribution in [0.5, 0.6) is 5.75 Å². The summed E-state index contributed by atoms with van der Waals surface area (Å²) in [6.07, 6.45) is 3.10. The first-order valence-corrected chi connectivity index (χ1v) is 11.9. The number of guanidine groups is 1. The van der Waals surface area contributed by atoms with Crippen molar-refractivity contribution in [3.63, 3.8) is 0 Å². The van der Waals surface area contributed by atoms with Crippen molar-refractivity contribution in [2.24, 2.45) is 10.9 Å². The Kier molecular flexibility index (Phi) is 11.3. The van der Waals surface area contributed by atoms with Crippen molar-refractivity contribution in [2.45, 2.75) is 40.2 Å². The van der Waals surface area contributed by atoms with Crippen molar-refractivity contribution in [1.29, 1.82) is 0 Å². The molecule has 1 saturated heterocycles. The summed E-state index contributed by atoms with van der Waals surface area (Å²) >= 11 is 0. The van der Waals surface area contributed by atoms with E-state index in [2.05, 4.69) is 42.7 Å². The summed E-state index contributed by atoms with van der Waals surface area (Å²) in [5, 5.41) is 6.61. The van der Waals surface area contributed by atoms with Crippen molar-refractivity contribution in [1.82, 2.24) is 14.9 Å². The quantitative estimate of drug-likeness (QED) is 0.287. The molecule has 1 aromatic carbocycles. The van der Waals surface area contributed by atoms with Crippen LogP contribution in [0.2, 0.25) is 0 Å². The van der Waals surface area contributed by atoms with Crippen LogP contribution >= 0.6 is 24.0 Å². The number of nitrogens with one attached hydrogen (secondary N) is 2. The minimum atomic E-state index is -3.10. The van der Waals surface area contributed by atoms with Gasteiger partial charge in [-0.25, -0.2) is 17.7 Å². The van der Waals surface area contributed by atoms with Crippen LogP contribution < -0.4 is 15.4 Å². The molecule has 1 heterocycles. The zero-order chi connectivity index (χ0) is 20.6. The van der Waals surface area contributed by atoms with E-state index in [9.17, 15) is 8.42 Å². The van der Waals surface area contributed by atoms with Crippen molar-refractivity contribution >= 4 is 40.0 Å². The topological polar surface area (TPSA) is 83.0 Å². The molecule has 1 unspecified atom stereocenters. The molecule has 9 heteroatoms. The highest BCUT2D eigenvalue weighted by atomic mass is 127. The Morgan fingerprint density at radius 3 is 2.69 bits per heavy atom. The number of sulfonamides is 1. The van der Waals surface area contributed by atoms with Crippen LogP contribution in [0.15, 0.2) is 23.2 Å². The third-order valence-corrected chi connectivity index (χ3v) is 5.98. The van der Waals surface area contributed by atoms with E-state index in [0.29, 0.717) is 38.7 Å². The Hall–Kier alpha value is -1.07. The zero-order valence-corrected chi connectivity index (χ0v) is 21.0. The summed E-state index contributed by atoms with van der Waals surface area (Å²) in [5.74, 6) is 1.92. The highest BCUT2D eigenvalue weighted by molar-refractivity contribution is 14.0. The van der Waals surface area contributed by atoms with Gasteiger partial charge in [-0.05, 0) is 44.2 Å². The Morgan fingerprint density at radius 2 is 2.07 bits per heavy atom. The lowest BCUT2D eigenvalue weighted by atomic mass is 10.1. The van der Waals surface area contributed by atoms with Crippen molar-refractivity contribution < 1.29 is 13.2 Å². The predicted molar refractivity (Wildman–Crippen MR) is 130 cm³/mol. The number of rotatable bonds is 9. The number of benzene rings is 1. The molecule has 1 aliphatic heterocycles. The van der Waals surface area contributed by atoms with Gasteiger partial charge in [0, 0.05) is 31.7 Å². The second kappa shape index (κ2) is 12.6. The highest BCUT2D eigenvalue weighted by Gasteiger charge is 2.28. The van der Waals surface area contributed by atoms with Gasteiger partial charge in [0.1, 0.15) is 5.75 Å². The minimum Gasteiger partial charge on any atom is -0.493 e. The van der Waals surface area contributed by atoms with E-state index in [0.717, 1.165) is 36.7 Å². The molecule has 0 bridgehead atoms. The number of nitrogens with zero attached hydrogens (tertiary/aromatic N) is 2. The molecule has 1 aliphatic rings. The summed E-state index contributed by atoms with van der Waals surface area (Å²) in [5.41, 5.74) is 2.22. The fraction of sp³-hybridized carbons (Fsp3) is 0.650. The molecule has 166 valence electrons. The molecule has 0 amide bonds. The maximum Gasteiger partial charge on any atom is 0.211 e. The molecule has 2 rings (SSSR count). The first-order chi connectivity index (χ1) is 13.3. The normalized spacial score (nSPS) is 17.7. The molecular weight excluding hydrogens is 503 g/mol. The van der Waals surface area contributed by atoms with Crippen molar-refractivity contribution in [3.8, 4) is 5.75 Å². The van der Waals surface area contributed by atoms with Crippen LogP contribution in [0.3, 0.4) is 0 Å². The highest BCUT2D eigenvalue weighted by Crippen LogP contribution is 2.22. The van der Waals surface area contributed by atoms with E-state index in [1.165, 1.54) is 11.8 Å². The Labute approximate surface area is 192 Å². The van der Waals surface area contributed by atoms with Crippen LogP contribution in [0.25, 0.3) is 0 Å². The fourth-order valence-corrected chi connectivity index (χ4v) is 4.07. The van der Waals surface area contributed by atoms with Gasteiger partial charge in [0.2, 0.25) is 10.0 Å². The smallest absolute Gasteiger partial charge is 0.211 e. The molecule has 1 atom stereocenters. The SMILES string of the molecule is CCCOc1cc(C)ccc1CN=C(NCC)NCC1CCN(S(C)(=O)=O)C1.I. The molecule has 1 fully saturated rings. The number of hydrogen-bond donors (Lipinski definition) is 2. The number of aryl methyl sites for hydroxylation is 1. The van der Waals surface area contributed by atoms with Crippen LogP contribution in [-0.4, -0.2) is 57.7 Å². The third kappa shape index (κ3) is 8.67. The average Bonchev–Trinajstić information content (AvgIpc) is 3.13. The Balaban J connectivity index is 0.00000420. The molecule has 2 N–H and O–H groups in total. The summed E-state index contributed by atoms with van der Waals surface area (Å²) < 4.78 is 30.8. The molecule has 0 saturated carbocycles. The van der Waals surface area contributed by atoms with Gasteiger partial charge in [-0.3, -0.25) is 0 Å². The molecule has 1 aromatic rings. The molecule has 7 nitrogen and oxygen atoms in total. The Bertz CT molecular complexity index is 771. The first kappa shape index (κ1) is 26.0. The first-order valence-electron chi connectivity index (χ1n) is 10.0. The van der Waals surface area contributed by atoms with Crippen molar-refractivity contribution in [2.75, 3.05) is 39.0 Å². The monoisotopic (exact) mass is 538 g/mol. The molecule has 0 aliphatic carbocycles. The lowest BCUT2D eigenvalue weighted by Crippen LogP contribution is -2.40. The fourth-order valence-electron chi connectivity index (χ4n) is 3.15. The van der Waals surface area contributed by atoms with Gasteiger partial charge in [0.05, 0.1) is 19.4 Å². The molecule has 29 heavy (non-hydrogen) atoms. The van der Waals surface area contributed by atoms with E-state index in [4.69, 9.17) is 9.73 Å². The lowest BCUT2D eigenvalue weighted by molar-refractivity contribution is 0.314. The van der Waals surface area contributed by atoms with Gasteiger partial charge in [-0.1, -0.05) is 19.1 Å². The maximum atomic E-state index is 11.7. The van der Waals surface area contributed by atoms with Crippen LogP contribution in [0, 0.1) is 12.8 Å². The van der Waals surface area contributed by atoms with E-state index in [1.807, 2.05) is 6.92 Å². The number of halogens is 1. The summed E-state index contributed by atoms with van der Waals surface area (Å²) in [6, 6.07) is 6.19. The predicted octanol–water partition coefficient (Wildman–Crippen LogP) is 2.74. The van der Waals surface area contributed by atoms with Crippen LogP contribution in [0.4, 0.5) is 0 Å². The lowest BCUT2D eigenvalue weighted by Gasteiger charge is -2.16. The maximum absolute atomic E-state index is 11.7. The Morgan fingerprint density at radius 1 is 1.31 bits per heavy atom. The van der Waals surface area contributed by atoms with E-state index >= 15 is 0 Å². The molecule has 0 spiro atoms. The minimum absolute atomic E-state index is 0. The van der Waals surface area contributed by atoms with Gasteiger partial charge < -0.3 is 15.4 Å². The summed E-state index contributed by atoms with van der Waals surface area (Å²) in [6.45, 7) is 10.0. The second-order valence-electron chi connectivity index (χ2n) is 7.31. The largest absolute Gasteiger partial charge is 0.493 e. The summed E-state index contributed by atoms with van der Waals surface area (Å²) in [7, 11) is -3.10. The van der Waals surface area contributed by atoms with Gasteiger partial charge in [0.25, 0.3) is 0 Å². The van der Waals surface area contributed by atoms with Gasteiger partial charge in [0.15, 0.2) is 5.96 Å². The molecule has 0 radical (unpaired) electrons. The van der Waals surface area contributed by atoms with Crippen LogP contribution in [0.1, 0.15) is 37.8 Å². The van der Waals surface area contributed by atoms with E-state index in [-0.39, 0.29) is 24.0 Å². The summed E-state index contributed by atoms with van der Waals surface area (Å²) in [4.78, 5) is 4.69. The average molecular weight is 538 g/mol.